The number of H-pyrrole nitrogens is 1. The van der Waals surface area contributed by atoms with Crippen LogP contribution in [0.1, 0.15) is 0 Å². The Bertz CT molecular complexity index is 547. The maximum Gasteiger partial charge on any atom is 0.234 e. The van der Waals surface area contributed by atoms with Crippen LogP contribution in [0.15, 0.2) is 38.6 Å². The summed E-state index contributed by atoms with van der Waals surface area (Å²) in [5.74, 6) is 0.170. The lowest BCUT2D eigenvalue weighted by Crippen LogP contribution is -2.14. The van der Waals surface area contributed by atoms with E-state index in [0.29, 0.717) is 5.16 Å². The molecule has 0 saturated carbocycles. The maximum absolute atomic E-state index is 11.7. The summed E-state index contributed by atoms with van der Waals surface area (Å²) in [6.45, 7) is 0. The van der Waals surface area contributed by atoms with Gasteiger partial charge in [0.25, 0.3) is 0 Å². The van der Waals surface area contributed by atoms with Crippen LogP contribution in [0, 0.1) is 0 Å². The number of aromatic nitrogens is 3. The molecule has 94 valence electrons. The molecule has 2 rings (SSSR count). The molecule has 1 aromatic heterocycles. The molecule has 18 heavy (non-hydrogen) atoms. The number of aromatic amines is 1. The van der Waals surface area contributed by atoms with Gasteiger partial charge in [-0.3, -0.25) is 9.89 Å². The third kappa shape index (κ3) is 3.82. The number of anilines is 1. The third-order valence-electron chi connectivity index (χ3n) is 1.94. The van der Waals surface area contributed by atoms with Gasteiger partial charge in [0.05, 0.1) is 11.4 Å². The summed E-state index contributed by atoms with van der Waals surface area (Å²) in [7, 11) is 0. The molecule has 0 radical (unpaired) electrons. The lowest BCUT2D eigenvalue weighted by Gasteiger charge is -2.07. The van der Waals surface area contributed by atoms with Crippen molar-refractivity contribution < 1.29 is 4.79 Å². The van der Waals surface area contributed by atoms with Crippen molar-refractivity contribution in [2.75, 3.05) is 11.1 Å². The Morgan fingerprint density at radius 1 is 1.44 bits per heavy atom. The largest absolute Gasteiger partial charge is 0.324 e. The average molecular weight is 392 g/mol. The maximum atomic E-state index is 11.7. The Kier molecular flexibility index (Phi) is 4.79. The minimum absolute atomic E-state index is 0.102. The number of thioether (sulfide) groups is 1. The monoisotopic (exact) mass is 390 g/mol. The number of nitrogens with one attached hydrogen (secondary N) is 2. The minimum Gasteiger partial charge on any atom is -0.324 e. The smallest absolute Gasteiger partial charge is 0.234 e. The molecule has 0 saturated heterocycles. The molecule has 0 bridgehead atoms. The van der Waals surface area contributed by atoms with Crippen LogP contribution in [0.4, 0.5) is 5.69 Å². The lowest BCUT2D eigenvalue weighted by atomic mass is 10.3. The molecule has 0 aliphatic carbocycles. The van der Waals surface area contributed by atoms with Gasteiger partial charge in [-0.05, 0) is 34.1 Å². The molecule has 2 aromatic rings. The van der Waals surface area contributed by atoms with Gasteiger partial charge in [0.15, 0.2) is 5.16 Å². The Hall–Kier alpha value is -0.860. The minimum atomic E-state index is -0.102. The van der Waals surface area contributed by atoms with E-state index in [4.69, 9.17) is 0 Å². The molecule has 0 atom stereocenters. The zero-order valence-corrected chi connectivity index (χ0v) is 13.0. The van der Waals surface area contributed by atoms with Crippen LogP contribution >= 0.6 is 43.6 Å². The molecule has 2 N–H and O–H groups in total. The molecule has 0 unspecified atom stereocenters. The van der Waals surface area contributed by atoms with Gasteiger partial charge < -0.3 is 5.32 Å². The van der Waals surface area contributed by atoms with Gasteiger partial charge in [-0.2, -0.15) is 5.10 Å². The van der Waals surface area contributed by atoms with E-state index in [0.717, 1.165) is 14.6 Å². The van der Waals surface area contributed by atoms with Crippen molar-refractivity contribution >= 4 is 55.2 Å². The molecule has 1 amide bonds. The molecular formula is C10H8Br2N4OS. The predicted octanol–water partition coefficient (Wildman–Crippen LogP) is 3.06. The Labute approximate surface area is 124 Å². The van der Waals surface area contributed by atoms with Crippen molar-refractivity contribution in [3.63, 3.8) is 0 Å². The molecule has 1 heterocycles. The van der Waals surface area contributed by atoms with E-state index >= 15 is 0 Å². The highest BCUT2D eigenvalue weighted by atomic mass is 79.9. The lowest BCUT2D eigenvalue weighted by molar-refractivity contribution is -0.113. The summed E-state index contributed by atoms with van der Waals surface area (Å²) < 4.78 is 1.74. The van der Waals surface area contributed by atoms with Gasteiger partial charge in [-0.1, -0.05) is 27.7 Å². The molecule has 0 aliphatic rings. The van der Waals surface area contributed by atoms with E-state index in [9.17, 15) is 4.79 Å². The van der Waals surface area contributed by atoms with Crippen LogP contribution in [0.25, 0.3) is 0 Å². The molecule has 5 nitrogen and oxygen atoms in total. The fourth-order valence-electron chi connectivity index (χ4n) is 1.18. The summed E-state index contributed by atoms with van der Waals surface area (Å²) in [6.07, 6.45) is 1.41. The molecule has 0 spiro atoms. The molecule has 0 fully saturated rings. The first-order chi connectivity index (χ1) is 8.65. The summed E-state index contributed by atoms with van der Waals surface area (Å²) in [4.78, 5) is 15.7. The number of halogens is 2. The highest BCUT2D eigenvalue weighted by Gasteiger charge is 2.07. The van der Waals surface area contributed by atoms with Gasteiger partial charge in [0, 0.05) is 8.95 Å². The predicted molar refractivity (Wildman–Crippen MR) is 77.6 cm³/mol. The average Bonchev–Trinajstić information content (AvgIpc) is 2.84. The van der Waals surface area contributed by atoms with E-state index in [1.54, 1.807) is 0 Å². The van der Waals surface area contributed by atoms with Gasteiger partial charge in [-0.25, -0.2) is 4.98 Å². The van der Waals surface area contributed by atoms with E-state index < -0.39 is 0 Å². The molecular weight excluding hydrogens is 384 g/mol. The summed E-state index contributed by atoms with van der Waals surface area (Å²) >= 11 is 8.03. The first-order valence-corrected chi connectivity index (χ1v) is 7.45. The highest BCUT2D eigenvalue weighted by molar-refractivity contribution is 9.11. The Morgan fingerprint density at radius 3 is 3.00 bits per heavy atom. The first kappa shape index (κ1) is 13.6. The number of amides is 1. The van der Waals surface area contributed by atoms with Gasteiger partial charge >= 0.3 is 0 Å². The number of rotatable bonds is 4. The number of benzene rings is 1. The van der Waals surface area contributed by atoms with Crippen LogP contribution in [0.3, 0.4) is 0 Å². The Morgan fingerprint density at radius 2 is 2.28 bits per heavy atom. The van der Waals surface area contributed by atoms with Gasteiger partial charge in [0.1, 0.15) is 6.33 Å². The van der Waals surface area contributed by atoms with Crippen molar-refractivity contribution in [3.05, 3.63) is 33.5 Å². The summed E-state index contributed by atoms with van der Waals surface area (Å²) in [6, 6.07) is 5.59. The van der Waals surface area contributed by atoms with E-state index in [2.05, 4.69) is 52.4 Å². The van der Waals surface area contributed by atoms with Crippen molar-refractivity contribution in [2.24, 2.45) is 0 Å². The summed E-state index contributed by atoms with van der Waals surface area (Å²) in [5, 5.41) is 9.83. The van der Waals surface area contributed by atoms with E-state index in [-0.39, 0.29) is 11.7 Å². The Balaban J connectivity index is 1.92. The fourth-order valence-corrected chi connectivity index (χ4v) is 2.46. The third-order valence-corrected chi connectivity index (χ3v) is 4.00. The second kappa shape index (κ2) is 6.35. The van der Waals surface area contributed by atoms with E-state index in [1.165, 1.54) is 18.1 Å². The number of nitrogens with zero attached hydrogens (tertiary/aromatic N) is 2. The fraction of sp³-hybridized carbons (Fsp3) is 0.100. The van der Waals surface area contributed by atoms with Crippen LogP contribution in [0.5, 0.6) is 0 Å². The van der Waals surface area contributed by atoms with Crippen LogP contribution in [-0.2, 0) is 4.79 Å². The SMILES string of the molecule is O=C(CSc1ncn[nH]1)Nc1cc(Br)ccc1Br. The van der Waals surface area contributed by atoms with Gasteiger partial charge in [0.2, 0.25) is 5.91 Å². The van der Waals surface area contributed by atoms with Crippen molar-refractivity contribution in [1.29, 1.82) is 0 Å². The highest BCUT2D eigenvalue weighted by Crippen LogP contribution is 2.26. The zero-order valence-electron chi connectivity index (χ0n) is 8.98. The normalized spacial score (nSPS) is 10.3. The number of carbonyl (C=O) groups is 1. The van der Waals surface area contributed by atoms with Crippen LogP contribution in [0.2, 0.25) is 0 Å². The standard InChI is InChI=1S/C10H8Br2N4OS/c11-6-1-2-7(12)8(3-6)15-9(17)4-18-10-13-5-14-16-10/h1-3,5H,4H2,(H,15,17)(H,13,14,16). The van der Waals surface area contributed by atoms with Gasteiger partial charge in [-0.15, -0.1) is 0 Å². The van der Waals surface area contributed by atoms with Crippen molar-refractivity contribution in [2.45, 2.75) is 5.16 Å². The number of carbonyl (C=O) groups excluding carboxylic acids is 1. The molecule has 0 aliphatic heterocycles. The number of hydrogen-bond acceptors (Lipinski definition) is 4. The molecule has 1 aromatic carbocycles. The summed E-state index contributed by atoms with van der Waals surface area (Å²) in [5.41, 5.74) is 0.729. The topological polar surface area (TPSA) is 70.7 Å². The van der Waals surface area contributed by atoms with Crippen LogP contribution < -0.4 is 5.32 Å². The second-order valence-electron chi connectivity index (χ2n) is 3.25. The first-order valence-electron chi connectivity index (χ1n) is 4.88. The second-order valence-corrected chi connectivity index (χ2v) is 5.99. The van der Waals surface area contributed by atoms with E-state index in [1.807, 2.05) is 18.2 Å². The quantitative estimate of drug-likeness (QED) is 0.785. The molecule has 8 heteroatoms. The van der Waals surface area contributed by atoms with Crippen molar-refractivity contribution in [3.8, 4) is 0 Å². The van der Waals surface area contributed by atoms with Crippen LogP contribution in [-0.4, -0.2) is 26.8 Å². The number of hydrogen-bond donors (Lipinski definition) is 2. The zero-order chi connectivity index (χ0) is 13.0. The van der Waals surface area contributed by atoms with Crippen molar-refractivity contribution in [1.82, 2.24) is 15.2 Å².